The summed E-state index contributed by atoms with van der Waals surface area (Å²) in [5.41, 5.74) is 0. The Balaban J connectivity index is 1.61. The van der Waals surface area contributed by atoms with E-state index >= 15 is 0 Å². The Kier molecular flexibility index (Phi) is 7.97. The van der Waals surface area contributed by atoms with E-state index < -0.39 is 0 Å². The second kappa shape index (κ2) is 10.2. The van der Waals surface area contributed by atoms with Crippen LogP contribution in [0.15, 0.2) is 36.7 Å². The van der Waals surface area contributed by atoms with Crippen LogP contribution in [-0.4, -0.2) is 33.3 Å². The fraction of sp³-hybridized carbons (Fsp3) is 0.250. The zero-order chi connectivity index (χ0) is 18.1. The molecular weight excluding hydrogens is 383 g/mol. The van der Waals surface area contributed by atoms with Crippen molar-refractivity contribution < 1.29 is 9.59 Å². The van der Waals surface area contributed by atoms with Crippen molar-refractivity contribution >= 4 is 58.4 Å². The lowest BCUT2D eigenvalue weighted by atomic mass is 10.4. The van der Waals surface area contributed by atoms with E-state index in [0.29, 0.717) is 46.0 Å². The van der Waals surface area contributed by atoms with Gasteiger partial charge in [0.2, 0.25) is 11.8 Å². The van der Waals surface area contributed by atoms with Crippen LogP contribution in [0.5, 0.6) is 0 Å². The number of anilines is 2. The summed E-state index contributed by atoms with van der Waals surface area (Å²) >= 11 is 13.4. The van der Waals surface area contributed by atoms with Gasteiger partial charge in [-0.25, -0.2) is 9.97 Å². The molecule has 2 heterocycles. The summed E-state index contributed by atoms with van der Waals surface area (Å²) in [6.45, 7) is 0. The van der Waals surface area contributed by atoms with Crippen LogP contribution in [0.4, 0.5) is 11.6 Å². The highest BCUT2D eigenvalue weighted by atomic mass is 35.5. The molecule has 25 heavy (non-hydrogen) atoms. The number of nitrogens with one attached hydrogen (secondary N) is 2. The normalized spacial score (nSPS) is 10.3. The van der Waals surface area contributed by atoms with Gasteiger partial charge in [0.1, 0.15) is 0 Å². The summed E-state index contributed by atoms with van der Waals surface area (Å²) in [6.07, 6.45) is 3.74. The molecule has 0 bridgehead atoms. The molecule has 0 aliphatic rings. The van der Waals surface area contributed by atoms with Crippen molar-refractivity contribution in [1.82, 2.24) is 9.97 Å². The number of hydrogen-bond donors (Lipinski definition) is 2. The first-order valence-corrected chi connectivity index (χ1v) is 9.36. The Morgan fingerprint density at radius 3 is 1.72 bits per heavy atom. The second-order valence-corrected chi connectivity index (χ2v) is 6.92. The van der Waals surface area contributed by atoms with Crippen molar-refractivity contribution in [2.24, 2.45) is 0 Å². The minimum absolute atomic E-state index is 0.169. The first-order valence-electron chi connectivity index (χ1n) is 7.44. The van der Waals surface area contributed by atoms with Crippen LogP contribution in [-0.2, 0) is 9.59 Å². The van der Waals surface area contributed by atoms with Crippen LogP contribution in [0.1, 0.15) is 12.8 Å². The number of halogens is 2. The molecule has 0 saturated carbocycles. The van der Waals surface area contributed by atoms with E-state index in [1.165, 1.54) is 11.8 Å². The fourth-order valence-electron chi connectivity index (χ4n) is 1.78. The molecule has 0 unspecified atom stereocenters. The summed E-state index contributed by atoms with van der Waals surface area (Å²) in [4.78, 5) is 31.6. The summed E-state index contributed by atoms with van der Waals surface area (Å²) in [5.74, 6) is 1.55. The minimum atomic E-state index is -0.169. The molecule has 2 amide bonds. The van der Waals surface area contributed by atoms with Crippen LogP contribution < -0.4 is 10.6 Å². The maximum atomic E-state index is 11.8. The lowest BCUT2D eigenvalue weighted by Crippen LogP contribution is -2.15. The molecule has 132 valence electrons. The van der Waals surface area contributed by atoms with Crippen molar-refractivity contribution in [2.75, 3.05) is 22.1 Å². The zero-order valence-corrected chi connectivity index (χ0v) is 15.5. The van der Waals surface area contributed by atoms with E-state index in [1.54, 1.807) is 36.7 Å². The predicted molar refractivity (Wildman–Crippen MR) is 102 cm³/mol. The average Bonchev–Trinajstić information content (AvgIpc) is 2.59. The smallest absolute Gasteiger partial charge is 0.226 e. The first kappa shape index (κ1) is 19.5. The molecule has 2 aromatic rings. The molecule has 9 heteroatoms. The molecular formula is C16H16Cl2N4O2S. The maximum Gasteiger partial charge on any atom is 0.226 e. The molecule has 0 aliphatic carbocycles. The summed E-state index contributed by atoms with van der Waals surface area (Å²) in [5, 5.41) is 6.10. The van der Waals surface area contributed by atoms with Crippen molar-refractivity contribution in [1.29, 1.82) is 0 Å². The number of aromatic nitrogens is 2. The van der Waals surface area contributed by atoms with Gasteiger partial charge in [-0.15, -0.1) is 0 Å². The molecule has 2 N–H and O–H groups in total. The Morgan fingerprint density at radius 1 is 0.880 bits per heavy atom. The Labute approximate surface area is 159 Å². The van der Waals surface area contributed by atoms with Crippen molar-refractivity contribution in [3.63, 3.8) is 0 Å². The van der Waals surface area contributed by atoms with E-state index in [9.17, 15) is 9.59 Å². The van der Waals surface area contributed by atoms with Gasteiger partial charge in [0, 0.05) is 36.7 Å². The van der Waals surface area contributed by atoms with Gasteiger partial charge in [-0.05, 0) is 24.3 Å². The third-order valence-electron chi connectivity index (χ3n) is 2.98. The van der Waals surface area contributed by atoms with Crippen LogP contribution in [0.25, 0.3) is 0 Å². The second-order valence-electron chi connectivity index (χ2n) is 4.88. The third-order valence-corrected chi connectivity index (χ3v) is 4.58. The Bertz CT molecular complexity index is 684. The number of nitrogens with zero attached hydrogens (tertiary/aromatic N) is 2. The number of carbonyl (C=O) groups is 2. The van der Waals surface area contributed by atoms with E-state index in [-0.39, 0.29) is 11.8 Å². The minimum Gasteiger partial charge on any atom is -0.309 e. The van der Waals surface area contributed by atoms with Gasteiger partial charge in [0.05, 0.1) is 10.0 Å². The average molecular weight is 399 g/mol. The van der Waals surface area contributed by atoms with Crippen LogP contribution in [0, 0.1) is 0 Å². The largest absolute Gasteiger partial charge is 0.309 e. The van der Waals surface area contributed by atoms with Gasteiger partial charge >= 0.3 is 0 Å². The molecule has 2 aromatic heterocycles. The van der Waals surface area contributed by atoms with Crippen molar-refractivity contribution in [3.8, 4) is 0 Å². The van der Waals surface area contributed by atoms with Crippen molar-refractivity contribution in [2.45, 2.75) is 12.8 Å². The summed E-state index contributed by atoms with van der Waals surface area (Å²) in [7, 11) is 0. The lowest BCUT2D eigenvalue weighted by Gasteiger charge is -2.07. The number of rotatable bonds is 8. The lowest BCUT2D eigenvalue weighted by molar-refractivity contribution is -0.116. The Morgan fingerprint density at radius 2 is 1.32 bits per heavy atom. The predicted octanol–water partition coefficient (Wildman–Crippen LogP) is 3.87. The number of thioether (sulfide) groups is 1. The molecule has 0 spiro atoms. The number of pyridine rings is 2. The van der Waals surface area contributed by atoms with Gasteiger partial charge in [0.15, 0.2) is 11.6 Å². The molecule has 0 fully saturated rings. The maximum absolute atomic E-state index is 11.8. The van der Waals surface area contributed by atoms with Gasteiger partial charge in [-0.3, -0.25) is 9.59 Å². The molecule has 0 radical (unpaired) electrons. The summed E-state index contributed by atoms with van der Waals surface area (Å²) in [6, 6.07) is 6.70. The van der Waals surface area contributed by atoms with Gasteiger partial charge in [-0.1, -0.05) is 23.2 Å². The highest BCUT2D eigenvalue weighted by Gasteiger charge is 2.08. The van der Waals surface area contributed by atoms with E-state index in [1.807, 2.05) is 0 Å². The monoisotopic (exact) mass is 398 g/mol. The SMILES string of the molecule is O=C(CCSCCC(=O)Nc1ncccc1Cl)Nc1ncccc1Cl. The van der Waals surface area contributed by atoms with Crippen LogP contribution in [0.2, 0.25) is 10.0 Å². The molecule has 2 rings (SSSR count). The number of carbonyl (C=O) groups excluding carboxylic acids is 2. The quantitative estimate of drug-likeness (QED) is 0.659. The Hall–Kier alpha value is -1.83. The first-order chi connectivity index (χ1) is 12.1. The summed E-state index contributed by atoms with van der Waals surface area (Å²) < 4.78 is 0. The molecule has 6 nitrogen and oxygen atoms in total. The fourth-order valence-corrected chi connectivity index (χ4v) is 2.98. The van der Waals surface area contributed by atoms with Gasteiger partial charge in [0.25, 0.3) is 0 Å². The molecule has 0 aliphatic heterocycles. The molecule has 0 atom stereocenters. The van der Waals surface area contributed by atoms with Crippen LogP contribution >= 0.6 is 35.0 Å². The van der Waals surface area contributed by atoms with E-state index in [4.69, 9.17) is 23.2 Å². The topological polar surface area (TPSA) is 84.0 Å². The van der Waals surface area contributed by atoms with E-state index in [0.717, 1.165) is 0 Å². The molecule has 0 saturated heterocycles. The standard InChI is InChI=1S/C16H16Cl2N4O2S/c17-11-3-1-7-19-15(11)21-13(23)5-9-25-10-6-14(24)22-16-12(18)4-2-8-20-16/h1-4,7-8H,5-6,9-10H2,(H,19,21,23)(H,20,22,24). The third kappa shape index (κ3) is 6.89. The van der Waals surface area contributed by atoms with Crippen LogP contribution in [0.3, 0.4) is 0 Å². The number of amides is 2. The van der Waals surface area contributed by atoms with Gasteiger partial charge in [-0.2, -0.15) is 11.8 Å². The highest BCUT2D eigenvalue weighted by Crippen LogP contribution is 2.19. The van der Waals surface area contributed by atoms with E-state index in [2.05, 4.69) is 20.6 Å². The van der Waals surface area contributed by atoms with Crippen molar-refractivity contribution in [3.05, 3.63) is 46.7 Å². The highest BCUT2D eigenvalue weighted by molar-refractivity contribution is 7.99. The molecule has 0 aromatic carbocycles. The number of hydrogen-bond acceptors (Lipinski definition) is 5. The zero-order valence-electron chi connectivity index (χ0n) is 13.2. The van der Waals surface area contributed by atoms with Gasteiger partial charge < -0.3 is 10.6 Å².